The van der Waals surface area contributed by atoms with E-state index < -0.39 is 0 Å². The SMILES string of the molecule is Cn1ccnc1C(=O)c1ccc(NC(=O)COC2CCCC2)cc1. The number of imidazole rings is 1. The van der Waals surface area contributed by atoms with Gasteiger partial charge in [-0.1, -0.05) is 12.8 Å². The van der Waals surface area contributed by atoms with Gasteiger partial charge < -0.3 is 14.6 Å². The fourth-order valence-electron chi connectivity index (χ4n) is 2.86. The van der Waals surface area contributed by atoms with Crippen molar-refractivity contribution in [1.29, 1.82) is 0 Å². The quantitative estimate of drug-likeness (QED) is 0.828. The van der Waals surface area contributed by atoms with Gasteiger partial charge in [-0.25, -0.2) is 4.98 Å². The Hall–Kier alpha value is -2.47. The maximum atomic E-state index is 12.3. The van der Waals surface area contributed by atoms with Crippen LogP contribution in [0.5, 0.6) is 0 Å². The van der Waals surface area contributed by atoms with Crippen LogP contribution >= 0.6 is 0 Å². The minimum atomic E-state index is -0.176. The summed E-state index contributed by atoms with van der Waals surface area (Å²) in [5, 5.41) is 2.78. The minimum Gasteiger partial charge on any atom is -0.368 e. The van der Waals surface area contributed by atoms with Crippen molar-refractivity contribution in [2.24, 2.45) is 7.05 Å². The molecule has 0 aliphatic heterocycles. The lowest BCUT2D eigenvalue weighted by molar-refractivity contribution is -0.122. The van der Waals surface area contributed by atoms with Crippen LogP contribution in [-0.4, -0.2) is 34.0 Å². The summed E-state index contributed by atoms with van der Waals surface area (Å²) in [7, 11) is 1.78. The van der Waals surface area contributed by atoms with Gasteiger partial charge in [-0.3, -0.25) is 9.59 Å². The second-order valence-corrected chi connectivity index (χ2v) is 6.03. The first-order chi connectivity index (χ1) is 11.6. The maximum absolute atomic E-state index is 12.3. The molecule has 1 N–H and O–H groups in total. The average Bonchev–Trinajstić information content (AvgIpc) is 3.24. The van der Waals surface area contributed by atoms with Crippen molar-refractivity contribution < 1.29 is 14.3 Å². The molecule has 0 unspecified atom stereocenters. The van der Waals surface area contributed by atoms with Crippen molar-refractivity contribution in [3.05, 3.63) is 48.0 Å². The number of amides is 1. The lowest BCUT2D eigenvalue weighted by Crippen LogP contribution is -2.21. The molecule has 1 aromatic carbocycles. The average molecular weight is 327 g/mol. The standard InChI is InChI=1S/C18H21N3O3/c1-21-11-10-19-18(21)17(23)13-6-8-14(9-7-13)20-16(22)12-24-15-4-2-3-5-15/h6-11,15H,2-5,12H2,1H3,(H,20,22). The van der Waals surface area contributed by atoms with Gasteiger partial charge in [0, 0.05) is 30.7 Å². The number of hydrogen-bond acceptors (Lipinski definition) is 4. The number of aromatic nitrogens is 2. The highest BCUT2D eigenvalue weighted by atomic mass is 16.5. The molecular formula is C18H21N3O3. The molecule has 1 aromatic heterocycles. The first kappa shape index (κ1) is 16.4. The van der Waals surface area contributed by atoms with Crippen LogP contribution < -0.4 is 5.32 Å². The van der Waals surface area contributed by atoms with E-state index in [2.05, 4.69) is 10.3 Å². The lowest BCUT2D eigenvalue weighted by atomic mass is 10.1. The number of rotatable bonds is 6. The Kier molecular flexibility index (Phi) is 5.05. The van der Waals surface area contributed by atoms with E-state index in [0.29, 0.717) is 17.1 Å². The Bertz CT molecular complexity index is 715. The normalized spacial score (nSPS) is 14.7. The molecular weight excluding hydrogens is 306 g/mol. The molecule has 1 amide bonds. The Morgan fingerprint density at radius 2 is 1.96 bits per heavy atom. The minimum absolute atomic E-state index is 0.0681. The van der Waals surface area contributed by atoms with Crippen molar-refractivity contribution >= 4 is 17.4 Å². The molecule has 0 atom stereocenters. The number of hydrogen-bond donors (Lipinski definition) is 1. The molecule has 0 spiro atoms. The van der Waals surface area contributed by atoms with E-state index in [4.69, 9.17) is 4.74 Å². The number of carbonyl (C=O) groups is 2. The van der Waals surface area contributed by atoms with E-state index in [1.807, 2.05) is 0 Å². The maximum Gasteiger partial charge on any atom is 0.250 e. The van der Waals surface area contributed by atoms with Gasteiger partial charge in [0.2, 0.25) is 11.7 Å². The van der Waals surface area contributed by atoms with E-state index in [-0.39, 0.29) is 24.4 Å². The number of anilines is 1. The molecule has 126 valence electrons. The Labute approximate surface area is 140 Å². The zero-order chi connectivity index (χ0) is 16.9. The fourth-order valence-corrected chi connectivity index (χ4v) is 2.86. The monoisotopic (exact) mass is 327 g/mol. The number of carbonyl (C=O) groups excluding carboxylic acids is 2. The molecule has 1 aliphatic rings. The van der Waals surface area contributed by atoms with Crippen LogP contribution in [0.1, 0.15) is 41.9 Å². The summed E-state index contributed by atoms with van der Waals surface area (Å²) in [6, 6.07) is 6.79. The third-order valence-corrected chi connectivity index (χ3v) is 4.21. The van der Waals surface area contributed by atoms with E-state index in [0.717, 1.165) is 12.8 Å². The smallest absolute Gasteiger partial charge is 0.250 e. The van der Waals surface area contributed by atoms with Crippen LogP contribution in [0.4, 0.5) is 5.69 Å². The van der Waals surface area contributed by atoms with Crippen molar-refractivity contribution in [2.75, 3.05) is 11.9 Å². The molecule has 24 heavy (non-hydrogen) atoms. The Morgan fingerprint density at radius 1 is 1.25 bits per heavy atom. The van der Waals surface area contributed by atoms with Gasteiger partial charge in [0.25, 0.3) is 0 Å². The molecule has 1 aliphatic carbocycles. The Morgan fingerprint density at radius 3 is 2.58 bits per heavy atom. The zero-order valence-electron chi connectivity index (χ0n) is 13.7. The number of aryl methyl sites for hydroxylation is 1. The largest absolute Gasteiger partial charge is 0.368 e. The molecule has 6 heteroatoms. The topological polar surface area (TPSA) is 73.2 Å². The van der Waals surface area contributed by atoms with Gasteiger partial charge >= 0.3 is 0 Å². The van der Waals surface area contributed by atoms with Gasteiger partial charge in [-0.2, -0.15) is 0 Å². The summed E-state index contributed by atoms with van der Waals surface area (Å²) in [6.07, 6.45) is 7.97. The van der Waals surface area contributed by atoms with Crippen LogP contribution in [0.25, 0.3) is 0 Å². The predicted octanol–water partition coefficient (Wildman–Crippen LogP) is 2.55. The fraction of sp³-hybridized carbons (Fsp3) is 0.389. The van der Waals surface area contributed by atoms with Crippen LogP contribution in [-0.2, 0) is 16.6 Å². The highest BCUT2D eigenvalue weighted by Gasteiger charge is 2.17. The second kappa shape index (κ2) is 7.40. The van der Waals surface area contributed by atoms with Gasteiger partial charge in [0.05, 0.1) is 6.10 Å². The van der Waals surface area contributed by atoms with E-state index in [9.17, 15) is 9.59 Å². The van der Waals surface area contributed by atoms with Crippen LogP contribution in [0.2, 0.25) is 0 Å². The van der Waals surface area contributed by atoms with E-state index in [1.54, 1.807) is 48.3 Å². The Balaban J connectivity index is 1.55. The van der Waals surface area contributed by atoms with Crippen LogP contribution in [0.3, 0.4) is 0 Å². The molecule has 0 saturated heterocycles. The third-order valence-electron chi connectivity index (χ3n) is 4.21. The molecule has 6 nitrogen and oxygen atoms in total. The van der Waals surface area contributed by atoms with Gasteiger partial charge in [-0.05, 0) is 37.1 Å². The van der Waals surface area contributed by atoms with Gasteiger partial charge in [-0.15, -0.1) is 0 Å². The summed E-state index contributed by atoms with van der Waals surface area (Å²) in [5.41, 5.74) is 1.18. The van der Waals surface area contributed by atoms with Gasteiger partial charge in [0.15, 0.2) is 5.82 Å². The number of ether oxygens (including phenoxy) is 1. The van der Waals surface area contributed by atoms with Crippen molar-refractivity contribution in [3.63, 3.8) is 0 Å². The van der Waals surface area contributed by atoms with Crippen molar-refractivity contribution in [1.82, 2.24) is 9.55 Å². The first-order valence-electron chi connectivity index (χ1n) is 8.17. The first-order valence-corrected chi connectivity index (χ1v) is 8.17. The van der Waals surface area contributed by atoms with Crippen molar-refractivity contribution in [2.45, 2.75) is 31.8 Å². The molecule has 0 bridgehead atoms. The molecule has 3 rings (SSSR count). The van der Waals surface area contributed by atoms with E-state index >= 15 is 0 Å². The molecule has 0 radical (unpaired) electrons. The summed E-state index contributed by atoms with van der Waals surface area (Å²) in [5.74, 6) is 0.0618. The molecule has 1 heterocycles. The zero-order valence-corrected chi connectivity index (χ0v) is 13.7. The summed E-state index contributed by atoms with van der Waals surface area (Å²) in [4.78, 5) is 28.3. The number of nitrogens with one attached hydrogen (secondary N) is 1. The summed E-state index contributed by atoms with van der Waals surface area (Å²) in [6.45, 7) is 0.0681. The predicted molar refractivity (Wildman–Crippen MR) is 89.9 cm³/mol. The molecule has 1 saturated carbocycles. The van der Waals surface area contributed by atoms with Crippen LogP contribution in [0, 0.1) is 0 Å². The van der Waals surface area contributed by atoms with Crippen molar-refractivity contribution in [3.8, 4) is 0 Å². The number of ketones is 1. The second-order valence-electron chi connectivity index (χ2n) is 6.03. The van der Waals surface area contributed by atoms with Gasteiger partial charge in [0.1, 0.15) is 6.61 Å². The third kappa shape index (κ3) is 3.89. The lowest BCUT2D eigenvalue weighted by Gasteiger charge is -2.11. The highest BCUT2D eigenvalue weighted by Crippen LogP contribution is 2.20. The van der Waals surface area contributed by atoms with Crippen LogP contribution in [0.15, 0.2) is 36.7 Å². The summed E-state index contributed by atoms with van der Waals surface area (Å²) < 4.78 is 7.26. The highest BCUT2D eigenvalue weighted by molar-refractivity contribution is 6.07. The summed E-state index contributed by atoms with van der Waals surface area (Å²) >= 11 is 0. The number of nitrogens with zero attached hydrogens (tertiary/aromatic N) is 2. The van der Waals surface area contributed by atoms with E-state index in [1.165, 1.54) is 12.8 Å². The number of benzene rings is 1. The molecule has 1 fully saturated rings. The molecule has 2 aromatic rings.